The third kappa shape index (κ3) is 2.87. The molecule has 2 amide bonds. The van der Waals surface area contributed by atoms with E-state index in [1.54, 1.807) is 0 Å². The minimum Gasteiger partial charge on any atom is -0.401 e. The van der Waals surface area contributed by atoms with Crippen LogP contribution in [0.5, 0.6) is 0 Å². The summed E-state index contributed by atoms with van der Waals surface area (Å²) in [7, 11) is 0. The Hall–Kier alpha value is -2.81. The Balaban J connectivity index is 2.35. The van der Waals surface area contributed by atoms with E-state index in [9.17, 15) is 19.7 Å². The second-order valence-corrected chi connectivity index (χ2v) is 4.34. The van der Waals surface area contributed by atoms with Gasteiger partial charge in [-0.1, -0.05) is 6.08 Å². The van der Waals surface area contributed by atoms with Gasteiger partial charge in [-0.05, 0) is 24.4 Å². The van der Waals surface area contributed by atoms with Crippen LogP contribution in [-0.4, -0.2) is 33.3 Å². The Morgan fingerprint density at radius 3 is 2.76 bits per heavy atom. The average Bonchev–Trinajstić information content (AvgIpc) is 2.88. The molecule has 1 aliphatic heterocycles. The third-order valence-corrected chi connectivity index (χ3v) is 2.90. The van der Waals surface area contributed by atoms with E-state index in [2.05, 4.69) is 11.9 Å². The van der Waals surface area contributed by atoms with Crippen molar-refractivity contribution in [1.82, 2.24) is 10.2 Å². The van der Waals surface area contributed by atoms with Crippen molar-refractivity contribution < 1.29 is 18.9 Å². The molecule has 1 aromatic rings. The van der Waals surface area contributed by atoms with Gasteiger partial charge in [0.1, 0.15) is 16.3 Å². The lowest BCUT2D eigenvalue weighted by molar-refractivity contribution is -0.402. The quantitative estimate of drug-likeness (QED) is 0.222. The molecule has 1 aromatic heterocycles. The Morgan fingerprint density at radius 2 is 2.19 bits per heavy atom. The van der Waals surface area contributed by atoms with Crippen LogP contribution in [0.25, 0.3) is 6.08 Å². The second-order valence-electron chi connectivity index (χ2n) is 3.95. The SMILES string of the molecule is C=CCN1C(=O)/C(=C\c2ccc([N+](=O)[O-])o2)C(=O)NC1=S. The van der Waals surface area contributed by atoms with Crippen molar-refractivity contribution in [2.24, 2.45) is 0 Å². The predicted molar refractivity (Wildman–Crippen MR) is 76.0 cm³/mol. The van der Waals surface area contributed by atoms with E-state index >= 15 is 0 Å². The number of furan rings is 1. The Morgan fingerprint density at radius 1 is 1.48 bits per heavy atom. The molecule has 1 fully saturated rings. The van der Waals surface area contributed by atoms with Gasteiger partial charge in [0, 0.05) is 6.54 Å². The van der Waals surface area contributed by atoms with Gasteiger partial charge in [0.2, 0.25) is 0 Å². The molecule has 21 heavy (non-hydrogen) atoms. The molecule has 0 spiro atoms. The number of rotatable bonds is 4. The molecule has 1 saturated heterocycles. The Kier molecular flexibility index (Phi) is 3.94. The van der Waals surface area contributed by atoms with Crippen molar-refractivity contribution in [3.63, 3.8) is 0 Å². The van der Waals surface area contributed by atoms with E-state index in [0.29, 0.717) is 0 Å². The van der Waals surface area contributed by atoms with Crippen LogP contribution < -0.4 is 5.32 Å². The Labute approximate surface area is 123 Å². The summed E-state index contributed by atoms with van der Waals surface area (Å²) in [5, 5.41) is 12.9. The number of nitro groups is 1. The molecule has 0 atom stereocenters. The predicted octanol–water partition coefficient (Wildman–Crippen LogP) is 1.00. The monoisotopic (exact) mass is 307 g/mol. The molecule has 1 aliphatic rings. The summed E-state index contributed by atoms with van der Waals surface area (Å²) in [4.78, 5) is 34.9. The van der Waals surface area contributed by atoms with Crippen LogP contribution in [0.1, 0.15) is 5.76 Å². The number of carbonyl (C=O) groups is 2. The van der Waals surface area contributed by atoms with Crippen molar-refractivity contribution in [3.05, 3.63) is 46.2 Å². The van der Waals surface area contributed by atoms with Gasteiger partial charge < -0.3 is 4.42 Å². The highest BCUT2D eigenvalue weighted by Crippen LogP contribution is 2.20. The summed E-state index contributed by atoms with van der Waals surface area (Å²) in [6.07, 6.45) is 2.58. The summed E-state index contributed by atoms with van der Waals surface area (Å²) >= 11 is 4.89. The molecule has 1 N–H and O–H groups in total. The minimum absolute atomic E-state index is 0.0200. The maximum absolute atomic E-state index is 12.2. The maximum atomic E-state index is 12.2. The second kappa shape index (κ2) is 5.67. The van der Waals surface area contributed by atoms with E-state index < -0.39 is 22.6 Å². The van der Waals surface area contributed by atoms with E-state index in [-0.39, 0.29) is 23.0 Å². The first-order valence-corrected chi connectivity index (χ1v) is 6.09. The van der Waals surface area contributed by atoms with E-state index in [0.717, 1.165) is 17.0 Å². The summed E-state index contributed by atoms with van der Waals surface area (Å²) in [5.74, 6) is -1.78. The zero-order chi connectivity index (χ0) is 15.6. The largest absolute Gasteiger partial charge is 0.433 e. The fourth-order valence-electron chi connectivity index (χ4n) is 1.65. The molecule has 2 heterocycles. The van der Waals surface area contributed by atoms with Gasteiger partial charge in [-0.3, -0.25) is 29.9 Å². The highest BCUT2D eigenvalue weighted by molar-refractivity contribution is 7.80. The number of hydrogen-bond acceptors (Lipinski definition) is 6. The standard InChI is InChI=1S/C12H9N3O5S/c1-2-5-14-11(17)8(10(16)13-12(14)21)6-7-3-4-9(20-7)15(18)19/h2-4,6H,1,5H2,(H,13,16,21)/b8-6-. The lowest BCUT2D eigenvalue weighted by Crippen LogP contribution is -2.53. The first-order chi connectivity index (χ1) is 9.93. The number of nitrogens with one attached hydrogen (secondary N) is 1. The molecule has 108 valence electrons. The van der Waals surface area contributed by atoms with Gasteiger partial charge >= 0.3 is 5.88 Å². The maximum Gasteiger partial charge on any atom is 0.433 e. The lowest BCUT2D eigenvalue weighted by atomic mass is 10.1. The smallest absolute Gasteiger partial charge is 0.401 e. The van der Waals surface area contributed by atoms with Gasteiger partial charge in [0.15, 0.2) is 5.11 Å². The summed E-state index contributed by atoms with van der Waals surface area (Å²) < 4.78 is 4.89. The van der Waals surface area contributed by atoms with Gasteiger partial charge in [-0.15, -0.1) is 6.58 Å². The molecule has 0 aliphatic carbocycles. The van der Waals surface area contributed by atoms with Crippen molar-refractivity contribution in [3.8, 4) is 0 Å². The van der Waals surface area contributed by atoms with Crippen LogP contribution in [0, 0.1) is 10.1 Å². The number of amides is 2. The van der Waals surface area contributed by atoms with Crippen molar-refractivity contribution >= 4 is 41.1 Å². The molecule has 0 unspecified atom stereocenters. The fourth-order valence-corrected chi connectivity index (χ4v) is 1.90. The molecule has 2 rings (SSSR count). The van der Waals surface area contributed by atoms with Gasteiger partial charge in [0.25, 0.3) is 11.8 Å². The van der Waals surface area contributed by atoms with Crippen molar-refractivity contribution in [1.29, 1.82) is 0 Å². The van der Waals surface area contributed by atoms with Crippen LogP contribution in [0.4, 0.5) is 5.88 Å². The third-order valence-electron chi connectivity index (χ3n) is 2.58. The molecular weight excluding hydrogens is 298 g/mol. The van der Waals surface area contributed by atoms with E-state index in [4.69, 9.17) is 16.6 Å². The number of nitrogens with zero attached hydrogens (tertiary/aromatic N) is 2. The summed E-state index contributed by atoms with van der Waals surface area (Å²) in [6.45, 7) is 3.63. The van der Waals surface area contributed by atoms with Gasteiger partial charge in [0.05, 0.1) is 6.07 Å². The highest BCUT2D eigenvalue weighted by atomic mass is 32.1. The van der Waals surface area contributed by atoms with Crippen LogP contribution in [0.15, 0.2) is 34.8 Å². The highest BCUT2D eigenvalue weighted by Gasteiger charge is 2.33. The van der Waals surface area contributed by atoms with Crippen LogP contribution >= 0.6 is 12.2 Å². The zero-order valence-electron chi connectivity index (χ0n) is 10.6. The number of hydrogen-bond donors (Lipinski definition) is 1. The Bertz CT molecular complexity index is 691. The molecule has 0 radical (unpaired) electrons. The summed E-state index contributed by atoms with van der Waals surface area (Å²) in [5.41, 5.74) is -0.227. The van der Waals surface area contributed by atoms with Gasteiger partial charge in [-0.2, -0.15) is 0 Å². The van der Waals surface area contributed by atoms with Crippen molar-refractivity contribution in [2.45, 2.75) is 0 Å². The molecular formula is C12H9N3O5S. The molecule has 8 nitrogen and oxygen atoms in total. The topological polar surface area (TPSA) is 106 Å². The number of carbonyl (C=O) groups excluding carboxylic acids is 2. The molecule has 0 aromatic carbocycles. The van der Waals surface area contributed by atoms with E-state index in [1.807, 2.05) is 0 Å². The van der Waals surface area contributed by atoms with Crippen LogP contribution in [0.2, 0.25) is 0 Å². The first-order valence-electron chi connectivity index (χ1n) is 5.68. The molecule has 0 bridgehead atoms. The van der Waals surface area contributed by atoms with Crippen molar-refractivity contribution in [2.75, 3.05) is 6.54 Å². The number of thiocarbonyl (C=S) groups is 1. The average molecular weight is 307 g/mol. The first kappa shape index (κ1) is 14.6. The molecule has 0 saturated carbocycles. The normalized spacial score (nSPS) is 17.0. The summed E-state index contributed by atoms with van der Waals surface area (Å²) in [6, 6.07) is 2.42. The lowest BCUT2D eigenvalue weighted by Gasteiger charge is -2.27. The fraction of sp³-hybridized carbons (Fsp3) is 0.0833. The van der Waals surface area contributed by atoms with Crippen LogP contribution in [0.3, 0.4) is 0 Å². The minimum atomic E-state index is -0.718. The molecule has 9 heteroatoms. The van der Waals surface area contributed by atoms with E-state index in [1.165, 1.54) is 12.1 Å². The van der Waals surface area contributed by atoms with Gasteiger partial charge in [-0.25, -0.2) is 0 Å². The van der Waals surface area contributed by atoms with Crippen LogP contribution in [-0.2, 0) is 9.59 Å². The zero-order valence-corrected chi connectivity index (χ0v) is 11.4.